The smallest absolute Gasteiger partial charge is 0.418 e. The highest BCUT2D eigenvalue weighted by Crippen LogP contribution is 2.39. The average molecular weight is 296 g/mol. The number of alkyl halides is 3. The summed E-state index contributed by atoms with van der Waals surface area (Å²) in [5.74, 6) is 0.729. The van der Waals surface area contributed by atoms with Crippen LogP contribution in [0.2, 0.25) is 0 Å². The zero-order valence-electron chi connectivity index (χ0n) is 11.2. The van der Waals surface area contributed by atoms with Crippen LogP contribution < -0.4 is 10.6 Å². The van der Waals surface area contributed by atoms with E-state index in [9.17, 15) is 13.2 Å². The Kier molecular flexibility index (Phi) is 3.31. The zero-order chi connectivity index (χ0) is 15.0. The third-order valence-electron chi connectivity index (χ3n) is 3.57. The highest BCUT2D eigenvalue weighted by Gasteiger charge is 2.35. The van der Waals surface area contributed by atoms with E-state index in [1.54, 1.807) is 18.4 Å². The van der Waals surface area contributed by atoms with Crippen molar-refractivity contribution in [3.8, 4) is 0 Å². The first-order chi connectivity index (χ1) is 9.95. The van der Waals surface area contributed by atoms with E-state index in [1.165, 1.54) is 6.07 Å². The maximum absolute atomic E-state index is 13.0. The molecule has 3 nitrogen and oxygen atoms in total. The minimum Gasteiger partial charge on any atom is -0.467 e. The van der Waals surface area contributed by atoms with Crippen molar-refractivity contribution in [1.82, 2.24) is 0 Å². The van der Waals surface area contributed by atoms with Crippen molar-refractivity contribution in [2.24, 2.45) is 0 Å². The SMILES string of the molecule is Nc1ccc(N(Cc2ccco2)C2CC2)cc1C(F)(F)F. The van der Waals surface area contributed by atoms with Crippen molar-refractivity contribution in [2.45, 2.75) is 31.6 Å². The van der Waals surface area contributed by atoms with E-state index < -0.39 is 11.7 Å². The summed E-state index contributed by atoms with van der Waals surface area (Å²) in [5, 5.41) is 0. The van der Waals surface area contributed by atoms with Crippen molar-refractivity contribution >= 4 is 11.4 Å². The fraction of sp³-hybridized carbons (Fsp3) is 0.333. The molecule has 1 aliphatic rings. The molecule has 1 heterocycles. The molecule has 1 aromatic heterocycles. The van der Waals surface area contributed by atoms with Crippen molar-refractivity contribution < 1.29 is 17.6 Å². The molecule has 0 atom stereocenters. The molecule has 0 unspecified atom stereocenters. The lowest BCUT2D eigenvalue weighted by atomic mass is 10.1. The number of hydrogen-bond donors (Lipinski definition) is 1. The van der Waals surface area contributed by atoms with E-state index >= 15 is 0 Å². The fourth-order valence-corrected chi connectivity index (χ4v) is 2.36. The minimum absolute atomic E-state index is 0.250. The largest absolute Gasteiger partial charge is 0.467 e. The Balaban J connectivity index is 1.92. The van der Waals surface area contributed by atoms with Crippen LogP contribution in [0, 0.1) is 0 Å². The topological polar surface area (TPSA) is 42.4 Å². The Morgan fingerprint density at radius 2 is 2.00 bits per heavy atom. The van der Waals surface area contributed by atoms with Crippen molar-refractivity contribution in [3.05, 3.63) is 47.9 Å². The van der Waals surface area contributed by atoms with Gasteiger partial charge in [-0.2, -0.15) is 13.2 Å². The molecule has 0 aliphatic heterocycles. The molecule has 0 amide bonds. The van der Waals surface area contributed by atoms with Crippen LogP contribution in [0.5, 0.6) is 0 Å². The van der Waals surface area contributed by atoms with E-state index in [-0.39, 0.29) is 11.7 Å². The number of anilines is 2. The van der Waals surface area contributed by atoms with E-state index in [0.717, 1.165) is 24.7 Å². The highest BCUT2D eigenvalue weighted by atomic mass is 19.4. The predicted octanol–water partition coefficient (Wildman–Crippen LogP) is 4.05. The van der Waals surface area contributed by atoms with Crippen LogP contribution in [0.15, 0.2) is 41.0 Å². The predicted molar refractivity (Wildman–Crippen MR) is 73.8 cm³/mol. The van der Waals surface area contributed by atoms with Gasteiger partial charge in [-0.1, -0.05) is 0 Å². The molecule has 1 aromatic carbocycles. The summed E-state index contributed by atoms with van der Waals surface area (Å²) in [7, 11) is 0. The van der Waals surface area contributed by atoms with E-state index in [4.69, 9.17) is 10.2 Å². The first-order valence-corrected chi connectivity index (χ1v) is 6.71. The van der Waals surface area contributed by atoms with Gasteiger partial charge in [-0.15, -0.1) is 0 Å². The van der Waals surface area contributed by atoms with Gasteiger partial charge in [0.25, 0.3) is 0 Å². The number of nitrogens with two attached hydrogens (primary N) is 1. The van der Waals surface area contributed by atoms with E-state index in [2.05, 4.69) is 0 Å². The second kappa shape index (κ2) is 5.02. The molecule has 1 aliphatic carbocycles. The summed E-state index contributed by atoms with van der Waals surface area (Å²) < 4.78 is 44.2. The Labute approximate surface area is 120 Å². The molecular weight excluding hydrogens is 281 g/mol. The summed E-state index contributed by atoms with van der Waals surface area (Å²) in [4.78, 5) is 1.94. The van der Waals surface area contributed by atoms with E-state index in [1.807, 2.05) is 11.0 Å². The third kappa shape index (κ3) is 2.99. The number of nitrogens with zero attached hydrogens (tertiary/aromatic N) is 1. The monoisotopic (exact) mass is 296 g/mol. The lowest BCUT2D eigenvalue weighted by Gasteiger charge is -2.25. The second-order valence-electron chi connectivity index (χ2n) is 5.21. The maximum atomic E-state index is 13.0. The van der Waals surface area contributed by atoms with Crippen molar-refractivity contribution in [2.75, 3.05) is 10.6 Å². The van der Waals surface area contributed by atoms with Crippen molar-refractivity contribution in [3.63, 3.8) is 0 Å². The summed E-state index contributed by atoms with van der Waals surface area (Å²) in [6.45, 7) is 0.457. The zero-order valence-corrected chi connectivity index (χ0v) is 11.2. The average Bonchev–Trinajstić information content (AvgIpc) is 3.13. The molecule has 0 spiro atoms. The van der Waals surface area contributed by atoms with Gasteiger partial charge in [-0.05, 0) is 43.2 Å². The van der Waals surface area contributed by atoms with Gasteiger partial charge in [0.2, 0.25) is 0 Å². The second-order valence-corrected chi connectivity index (χ2v) is 5.21. The number of furan rings is 1. The Morgan fingerprint density at radius 3 is 2.57 bits per heavy atom. The van der Waals surface area contributed by atoms with Gasteiger partial charge in [0.05, 0.1) is 18.4 Å². The number of nitrogen functional groups attached to an aromatic ring is 1. The molecule has 0 radical (unpaired) electrons. The molecule has 3 rings (SSSR count). The normalized spacial score (nSPS) is 15.2. The van der Waals surface area contributed by atoms with Crippen LogP contribution in [0.3, 0.4) is 0 Å². The minimum atomic E-state index is -4.44. The van der Waals surface area contributed by atoms with Gasteiger partial charge >= 0.3 is 6.18 Å². The molecule has 1 saturated carbocycles. The lowest BCUT2D eigenvalue weighted by molar-refractivity contribution is -0.136. The first kappa shape index (κ1) is 13.9. The fourth-order valence-electron chi connectivity index (χ4n) is 2.36. The summed E-state index contributed by atoms with van der Waals surface area (Å²) in [6.07, 6.45) is -0.927. The molecule has 0 saturated heterocycles. The summed E-state index contributed by atoms with van der Waals surface area (Å²) in [5.41, 5.74) is 4.93. The maximum Gasteiger partial charge on any atom is 0.418 e. The molecule has 112 valence electrons. The molecule has 1 fully saturated rings. The van der Waals surface area contributed by atoms with Gasteiger partial charge in [-0.3, -0.25) is 0 Å². The van der Waals surface area contributed by atoms with Crippen LogP contribution >= 0.6 is 0 Å². The van der Waals surface area contributed by atoms with Crippen LogP contribution in [0.1, 0.15) is 24.2 Å². The molecule has 21 heavy (non-hydrogen) atoms. The standard InChI is InChI=1S/C15H15F3N2O/c16-15(17,18)13-8-11(5-6-14(13)19)20(10-3-4-10)9-12-2-1-7-21-12/h1-2,5-8,10H,3-4,9,19H2. The third-order valence-corrected chi connectivity index (χ3v) is 3.57. The van der Waals surface area contributed by atoms with Crippen molar-refractivity contribution in [1.29, 1.82) is 0 Å². The highest BCUT2D eigenvalue weighted by molar-refractivity contribution is 5.60. The van der Waals surface area contributed by atoms with Gasteiger partial charge in [0.1, 0.15) is 5.76 Å². The van der Waals surface area contributed by atoms with Crippen LogP contribution in [-0.2, 0) is 12.7 Å². The van der Waals surface area contributed by atoms with Gasteiger partial charge in [-0.25, -0.2) is 0 Å². The Morgan fingerprint density at radius 1 is 1.24 bits per heavy atom. The quantitative estimate of drug-likeness (QED) is 0.865. The molecule has 6 heteroatoms. The van der Waals surface area contributed by atoms with Gasteiger partial charge < -0.3 is 15.1 Å². The molecule has 2 N–H and O–H groups in total. The molecule has 0 bridgehead atoms. The molecular formula is C15H15F3N2O. The lowest BCUT2D eigenvalue weighted by Crippen LogP contribution is -2.25. The number of halogens is 3. The number of rotatable bonds is 4. The Hall–Kier alpha value is -2.11. The summed E-state index contributed by atoms with van der Waals surface area (Å²) >= 11 is 0. The van der Waals surface area contributed by atoms with Crippen LogP contribution in [0.4, 0.5) is 24.5 Å². The van der Waals surface area contributed by atoms with Crippen LogP contribution in [-0.4, -0.2) is 6.04 Å². The van der Waals surface area contributed by atoms with Gasteiger partial charge in [0, 0.05) is 17.4 Å². The Bertz CT molecular complexity index is 618. The summed E-state index contributed by atoms with van der Waals surface area (Å²) in [6, 6.07) is 7.92. The van der Waals surface area contributed by atoms with Crippen LogP contribution in [0.25, 0.3) is 0 Å². The van der Waals surface area contributed by atoms with Gasteiger partial charge in [0.15, 0.2) is 0 Å². The number of benzene rings is 1. The number of hydrogen-bond acceptors (Lipinski definition) is 3. The van der Waals surface area contributed by atoms with E-state index in [0.29, 0.717) is 12.2 Å². The molecule has 2 aromatic rings. The first-order valence-electron chi connectivity index (χ1n) is 6.71.